The van der Waals surface area contributed by atoms with Gasteiger partial charge < -0.3 is 9.47 Å². The van der Waals surface area contributed by atoms with Gasteiger partial charge in [0.25, 0.3) is 20.0 Å². The van der Waals surface area contributed by atoms with E-state index in [1.54, 1.807) is 0 Å². The summed E-state index contributed by atoms with van der Waals surface area (Å²) in [7, 11) is -4.01. The molecule has 16 heteroatoms. The Morgan fingerprint density at radius 1 is 0.486 bits per heavy atom. The number of sulfonamides is 2. The molecule has 72 heavy (non-hydrogen) atoms. The van der Waals surface area contributed by atoms with Crippen LogP contribution in [0.25, 0.3) is 0 Å². The first-order valence-electron chi connectivity index (χ1n) is 27.1. The van der Waals surface area contributed by atoms with E-state index in [0.717, 1.165) is 60.0 Å². The summed E-state index contributed by atoms with van der Waals surface area (Å²) in [5.74, 6) is 1.09. The van der Waals surface area contributed by atoms with E-state index in [0.29, 0.717) is 37.2 Å². The van der Waals surface area contributed by atoms with Gasteiger partial charge in [0, 0.05) is 24.6 Å². The van der Waals surface area contributed by atoms with Crippen LogP contribution in [0.15, 0.2) is 58.3 Å². The van der Waals surface area contributed by atoms with Gasteiger partial charge in [-0.25, -0.2) is 35.0 Å². The van der Waals surface area contributed by atoms with Crippen LogP contribution in [0.1, 0.15) is 204 Å². The molecule has 2 heterocycles. The van der Waals surface area contributed by atoms with E-state index in [1.165, 1.54) is 137 Å². The molecule has 4 fully saturated rings. The quantitative estimate of drug-likeness (QED) is 0.0400. The van der Waals surface area contributed by atoms with Gasteiger partial charge in [-0.1, -0.05) is 153 Å². The predicted molar refractivity (Wildman–Crippen MR) is 288 cm³/mol. The van der Waals surface area contributed by atoms with Crippen molar-refractivity contribution in [2.75, 3.05) is 37.8 Å². The molecule has 4 atom stereocenters. The van der Waals surface area contributed by atoms with Crippen molar-refractivity contribution in [2.45, 2.75) is 193 Å². The second-order valence-corrected chi connectivity index (χ2v) is 29.0. The van der Waals surface area contributed by atoms with Crippen LogP contribution in [-0.4, -0.2) is 87.0 Å². The zero-order valence-electron chi connectivity index (χ0n) is 44.2. The van der Waals surface area contributed by atoms with Gasteiger partial charge in [0.1, 0.15) is 0 Å². The summed E-state index contributed by atoms with van der Waals surface area (Å²) >= 11 is 0. The molecule has 2 saturated carbocycles. The number of fused-ring (bicyclic) bond motifs is 4. The maximum absolute atomic E-state index is 13.5. The van der Waals surface area contributed by atoms with Crippen LogP contribution in [0, 0.1) is 33.5 Å². The van der Waals surface area contributed by atoms with Crippen LogP contribution < -0.4 is 0 Å². The number of unbranched alkanes of at least 4 members (excludes halogenated alkanes) is 16. The van der Waals surface area contributed by atoms with E-state index in [4.69, 9.17) is 9.47 Å². The van der Waals surface area contributed by atoms with Crippen LogP contribution >= 0.6 is 21.6 Å². The molecular formula is C56H84N2O10S4. The van der Waals surface area contributed by atoms with E-state index in [9.17, 15) is 36.0 Å². The Labute approximate surface area is 440 Å². The molecule has 0 spiro atoms. The van der Waals surface area contributed by atoms with Crippen molar-refractivity contribution in [1.82, 2.24) is 8.61 Å². The molecule has 2 aromatic rings. The zero-order chi connectivity index (χ0) is 52.2. The number of amides is 2. The minimum atomic E-state index is -4.02. The normalized spacial score (nSPS) is 23.4. The fourth-order valence-electron chi connectivity index (χ4n) is 11.5. The lowest BCUT2D eigenvalue weighted by Gasteiger charge is -2.48. The van der Waals surface area contributed by atoms with Gasteiger partial charge >= 0.3 is 11.9 Å². The maximum atomic E-state index is 13.5. The Morgan fingerprint density at radius 2 is 0.778 bits per heavy atom. The number of ether oxygens (including phenoxy) is 2. The standard InChI is InChI=1S/C56H84N2O10S4/c1-53(2)45-33-35-55(53,5)51(61)57(41-45)71(63,64)47-29-25-43(26-30-47)49(59)67-37-21-17-13-9-7-11-15-19-23-39-69-70-40-24-20-16-12-8-10-14-18-22-38-68-50(60)44-27-31-48(32-28-44)72(65,66)58-42-46-34-36-56(6,52(58)62)54(46,3)4/h25-32,45-46H,7-24,33-42H2,1-6H3. The van der Waals surface area contributed by atoms with Crippen LogP contribution in [0.3, 0.4) is 0 Å². The molecule has 2 saturated heterocycles. The fraction of sp³-hybridized carbons (Fsp3) is 0.714. The lowest BCUT2D eigenvalue weighted by atomic mass is 9.63. The third-order valence-corrected chi connectivity index (χ3v) is 23.8. The molecular weight excluding hydrogens is 989 g/mol. The van der Waals surface area contributed by atoms with E-state index >= 15 is 0 Å². The van der Waals surface area contributed by atoms with Gasteiger partial charge in [-0.05, 0) is 123 Å². The minimum absolute atomic E-state index is 0.0175. The third-order valence-electron chi connectivity index (χ3n) is 17.7. The van der Waals surface area contributed by atoms with Crippen molar-refractivity contribution in [2.24, 2.45) is 33.5 Å². The Kier molecular flexibility index (Phi) is 20.7. The zero-order valence-corrected chi connectivity index (χ0v) is 47.4. The first-order valence-corrected chi connectivity index (χ1v) is 32.5. The second kappa shape index (κ2) is 25.6. The Balaban J connectivity index is 0.672. The van der Waals surface area contributed by atoms with E-state index in [1.807, 2.05) is 35.4 Å². The molecule has 2 aromatic carbocycles. The molecule has 0 N–H and O–H groups in total. The molecule has 0 aromatic heterocycles. The molecule has 2 amide bonds. The lowest BCUT2D eigenvalue weighted by molar-refractivity contribution is -0.149. The molecule has 12 nitrogen and oxygen atoms in total. The number of esters is 2. The number of carbonyl (C=O) groups is 4. The molecule has 2 aliphatic carbocycles. The van der Waals surface area contributed by atoms with Gasteiger partial charge in [0.15, 0.2) is 0 Å². The van der Waals surface area contributed by atoms with Gasteiger partial charge in [0.2, 0.25) is 11.8 Å². The average molecular weight is 1070 g/mol. The number of benzene rings is 2. The first kappa shape index (κ1) is 58.2. The molecule has 4 bridgehead atoms. The number of hydrogen-bond donors (Lipinski definition) is 0. The largest absolute Gasteiger partial charge is 0.462 e. The van der Waals surface area contributed by atoms with Crippen LogP contribution in [0.5, 0.6) is 0 Å². The Hall–Kier alpha value is -3.08. The van der Waals surface area contributed by atoms with Gasteiger partial charge in [-0.3, -0.25) is 9.59 Å². The molecule has 402 valence electrons. The highest BCUT2D eigenvalue weighted by molar-refractivity contribution is 8.76. The lowest BCUT2D eigenvalue weighted by Crippen LogP contribution is -2.57. The van der Waals surface area contributed by atoms with Crippen LogP contribution in [0.4, 0.5) is 0 Å². The predicted octanol–water partition coefficient (Wildman–Crippen LogP) is 13.1. The third kappa shape index (κ3) is 13.3. The van der Waals surface area contributed by atoms with E-state index in [2.05, 4.69) is 27.7 Å². The first-order chi connectivity index (χ1) is 34.2. The summed E-state index contributed by atoms with van der Waals surface area (Å²) in [5, 5.41) is 0. The number of hydrogen-bond acceptors (Lipinski definition) is 12. The SMILES string of the molecule is CC12CCC(CN(S(=O)(=O)c3ccc(C(=O)OCCCCCCCCCCCSSCCCCCCCCCCCOC(=O)c4ccc(S(=O)(=O)N5CC6CCC(C)(C5=O)C6(C)C)cc4)cc3)C1=O)C2(C)C. The van der Waals surface area contributed by atoms with Gasteiger partial charge in [-0.2, -0.15) is 0 Å². The van der Waals surface area contributed by atoms with Crippen molar-refractivity contribution in [3.05, 3.63) is 59.7 Å². The van der Waals surface area contributed by atoms with E-state index in [-0.39, 0.29) is 57.4 Å². The molecule has 6 rings (SSSR count). The van der Waals surface area contributed by atoms with Crippen LogP contribution in [0.2, 0.25) is 0 Å². The smallest absolute Gasteiger partial charge is 0.338 e. The summed E-state index contributed by atoms with van der Waals surface area (Å²) in [5.41, 5.74) is -1.30. The average Bonchev–Trinajstić information content (AvgIpc) is 3.56. The Morgan fingerprint density at radius 3 is 1.10 bits per heavy atom. The van der Waals surface area contributed by atoms with Crippen molar-refractivity contribution < 1.29 is 45.5 Å². The topological polar surface area (TPSA) is 162 Å². The molecule has 4 unspecified atom stereocenters. The number of nitrogens with zero attached hydrogens (tertiary/aromatic N) is 2. The minimum Gasteiger partial charge on any atom is -0.462 e. The van der Waals surface area contributed by atoms with Crippen LogP contribution in [-0.2, 0) is 39.1 Å². The molecule has 2 aliphatic heterocycles. The fourth-order valence-corrected chi connectivity index (χ4v) is 16.9. The monoisotopic (exact) mass is 1070 g/mol. The summed E-state index contributed by atoms with van der Waals surface area (Å²) < 4.78 is 67.0. The number of carbonyl (C=O) groups excluding carboxylic acids is 4. The molecule has 0 radical (unpaired) electrons. The maximum Gasteiger partial charge on any atom is 0.338 e. The number of rotatable bonds is 31. The second-order valence-electron chi connectivity index (χ2n) is 22.6. The summed E-state index contributed by atoms with van der Waals surface area (Å²) in [6.07, 6.45) is 23.9. The summed E-state index contributed by atoms with van der Waals surface area (Å²) in [4.78, 5) is 52.1. The Bertz CT molecular complexity index is 2210. The highest BCUT2D eigenvalue weighted by Gasteiger charge is 2.64. The highest BCUT2D eigenvalue weighted by Crippen LogP contribution is 2.61. The summed E-state index contributed by atoms with van der Waals surface area (Å²) in [6, 6.07) is 11.5. The van der Waals surface area contributed by atoms with Gasteiger partial charge in [-0.15, -0.1) is 0 Å². The summed E-state index contributed by atoms with van der Waals surface area (Å²) in [6.45, 7) is 13.1. The molecule has 4 aliphatic rings. The van der Waals surface area contributed by atoms with Crippen molar-refractivity contribution in [3.8, 4) is 0 Å². The highest BCUT2D eigenvalue weighted by atomic mass is 33.1. The van der Waals surface area contributed by atoms with E-state index < -0.39 is 42.8 Å². The number of piperidine rings is 2. The van der Waals surface area contributed by atoms with Crippen molar-refractivity contribution >= 4 is 65.4 Å². The van der Waals surface area contributed by atoms with Crippen molar-refractivity contribution in [3.63, 3.8) is 0 Å². The van der Waals surface area contributed by atoms with Gasteiger partial charge in [0.05, 0.1) is 45.0 Å². The van der Waals surface area contributed by atoms with Crippen molar-refractivity contribution in [1.29, 1.82) is 0 Å².